The van der Waals surface area contributed by atoms with Gasteiger partial charge >= 0.3 is 11.9 Å². The molecule has 0 aliphatic rings. The molecule has 0 bridgehead atoms. The number of carboxylic acids is 2. The Labute approximate surface area is 314 Å². The number of carboxylic acid groups (broad SMARTS) is 2. The summed E-state index contributed by atoms with van der Waals surface area (Å²) in [6, 6.07) is 7.86. The number of ether oxygens (including phenoxy) is 1. The second-order valence-corrected chi connectivity index (χ2v) is 11.0. The van der Waals surface area contributed by atoms with Crippen LogP contribution in [0.25, 0.3) is 11.4 Å². The van der Waals surface area contributed by atoms with E-state index < -0.39 is 23.6 Å². The Bertz CT molecular complexity index is 1970. The number of aromatic carboxylic acids is 2. The molecule has 2 aromatic carbocycles. The maximum absolute atomic E-state index is 14.1. The number of carbonyl (C=O) groups is 4. The Morgan fingerprint density at radius 2 is 1.18 bits per heavy atom. The third-order valence-corrected chi connectivity index (χ3v) is 7.30. The monoisotopic (exact) mass is 764 g/mol. The molecule has 2 aromatic heterocycles. The Morgan fingerprint density at radius 1 is 0.745 bits per heavy atom. The summed E-state index contributed by atoms with van der Waals surface area (Å²) < 4.78 is 36.7. The van der Waals surface area contributed by atoms with Crippen molar-refractivity contribution in [3.8, 4) is 5.75 Å². The first kappa shape index (κ1) is 43.7. The fourth-order valence-corrected chi connectivity index (χ4v) is 4.45. The van der Waals surface area contributed by atoms with Gasteiger partial charge < -0.3 is 48.5 Å². The largest absolute Gasteiger partial charge is 0.490 e. The summed E-state index contributed by atoms with van der Waals surface area (Å²) in [5.74, 6) is -4.30. The van der Waals surface area contributed by atoms with E-state index in [0.29, 0.717) is 24.0 Å². The number of anilines is 2. The van der Waals surface area contributed by atoms with Crippen molar-refractivity contribution >= 4 is 47.3 Å². The first-order chi connectivity index (χ1) is 26.1. The Kier molecular flexibility index (Phi) is 16.8. The van der Waals surface area contributed by atoms with Crippen LogP contribution in [0.2, 0.25) is 0 Å². The summed E-state index contributed by atoms with van der Waals surface area (Å²) in [5, 5.41) is 31.3. The van der Waals surface area contributed by atoms with Crippen LogP contribution in [-0.2, 0) is 30.1 Å². The SMILES string of the molecule is CNc1cc(CCOc2cc(NC)c(C(=O)O)cc2F)c(F)cc1C(=O)O.Cn1nccc1/C(N)=C/C=C(\N)C=O.Cn1nccc1/C(N)=C/C=C(\N)C=O. The van der Waals surface area contributed by atoms with Crippen molar-refractivity contribution in [3.63, 3.8) is 0 Å². The van der Waals surface area contributed by atoms with Gasteiger partial charge in [-0.3, -0.25) is 19.0 Å². The predicted octanol–water partition coefficient (Wildman–Crippen LogP) is 2.59. The Hall–Kier alpha value is -7.44. The lowest BCUT2D eigenvalue weighted by Crippen LogP contribution is -2.09. The van der Waals surface area contributed by atoms with E-state index in [9.17, 15) is 28.0 Å². The molecular formula is C36H42F2N10O7. The van der Waals surface area contributed by atoms with Crippen LogP contribution < -0.4 is 38.3 Å². The standard InChI is InChI=1S/C18H18F2N2O5.2C9H12N4O/c1-21-14-5-9(12(19)6-10(14)17(23)24)3-4-27-16-8-15(22-2)11(18(25)26)7-13(16)20;2*1-13-9(4-5-12-13)8(11)3-2-7(10)6-14/h5-8,21-22H,3-4H2,1-2H3,(H,23,24)(H,25,26);2*2-6H,10-11H2,1H3/b;2*7-2-,8-3-. The maximum Gasteiger partial charge on any atom is 0.337 e. The van der Waals surface area contributed by atoms with E-state index in [1.807, 2.05) is 0 Å². The summed E-state index contributed by atoms with van der Waals surface area (Å²) in [7, 11) is 6.56. The molecule has 4 rings (SSSR count). The number of nitrogens with zero attached hydrogens (tertiary/aromatic N) is 4. The molecule has 0 fully saturated rings. The lowest BCUT2D eigenvalue weighted by atomic mass is 10.1. The number of nitrogens with two attached hydrogens (primary N) is 4. The summed E-state index contributed by atoms with van der Waals surface area (Å²) in [4.78, 5) is 42.6. The number of nitrogens with one attached hydrogen (secondary N) is 2. The molecule has 0 saturated heterocycles. The fourth-order valence-electron chi connectivity index (χ4n) is 4.45. The van der Waals surface area contributed by atoms with Gasteiger partial charge in [0.15, 0.2) is 24.1 Å². The smallest absolute Gasteiger partial charge is 0.337 e. The van der Waals surface area contributed by atoms with Crippen LogP contribution in [0, 0.1) is 11.6 Å². The van der Waals surface area contributed by atoms with Crippen molar-refractivity contribution in [3.05, 3.63) is 124 Å². The molecule has 12 N–H and O–H groups in total. The summed E-state index contributed by atoms with van der Waals surface area (Å²) in [6.45, 7) is -0.0982. The second-order valence-electron chi connectivity index (χ2n) is 11.0. The van der Waals surface area contributed by atoms with Crippen LogP contribution in [0.5, 0.6) is 5.75 Å². The molecule has 55 heavy (non-hydrogen) atoms. The summed E-state index contributed by atoms with van der Waals surface area (Å²) in [6.07, 6.45) is 10.5. The van der Waals surface area contributed by atoms with Crippen molar-refractivity contribution in [2.75, 3.05) is 31.3 Å². The van der Waals surface area contributed by atoms with Crippen LogP contribution in [-0.4, -0.2) is 75.0 Å². The molecule has 0 spiro atoms. The number of halogens is 2. The van der Waals surface area contributed by atoms with Gasteiger partial charge in [0.05, 0.1) is 57.6 Å². The number of rotatable bonds is 14. The number of aldehydes is 2. The number of allylic oxidation sites excluding steroid dienone is 6. The third-order valence-electron chi connectivity index (χ3n) is 7.30. The second kappa shape index (κ2) is 21.2. The average Bonchev–Trinajstić information content (AvgIpc) is 3.81. The highest BCUT2D eigenvalue weighted by Gasteiger charge is 2.17. The highest BCUT2D eigenvalue weighted by molar-refractivity contribution is 5.95. The van der Waals surface area contributed by atoms with Crippen LogP contribution in [0.4, 0.5) is 20.2 Å². The first-order valence-corrected chi connectivity index (χ1v) is 15.9. The minimum Gasteiger partial charge on any atom is -0.490 e. The number of aromatic nitrogens is 4. The van der Waals surface area contributed by atoms with E-state index >= 15 is 0 Å². The van der Waals surface area contributed by atoms with Gasteiger partial charge in [0.1, 0.15) is 5.82 Å². The van der Waals surface area contributed by atoms with Crippen LogP contribution in [0.1, 0.15) is 37.7 Å². The molecule has 2 heterocycles. The zero-order chi connectivity index (χ0) is 41.2. The van der Waals surface area contributed by atoms with E-state index in [-0.39, 0.29) is 58.2 Å². The van der Waals surface area contributed by atoms with Crippen molar-refractivity contribution < 1.29 is 42.9 Å². The van der Waals surface area contributed by atoms with E-state index in [2.05, 4.69) is 20.8 Å². The van der Waals surface area contributed by atoms with Crippen molar-refractivity contribution in [2.45, 2.75) is 6.42 Å². The van der Waals surface area contributed by atoms with Crippen LogP contribution in [0.3, 0.4) is 0 Å². The van der Waals surface area contributed by atoms with E-state index in [1.54, 1.807) is 60.1 Å². The number of hydrogen-bond donors (Lipinski definition) is 8. The fraction of sp³-hybridized carbons (Fsp3) is 0.167. The normalized spacial score (nSPS) is 11.7. The van der Waals surface area contributed by atoms with Crippen LogP contribution >= 0.6 is 0 Å². The van der Waals surface area contributed by atoms with Gasteiger partial charge in [0, 0.05) is 58.8 Å². The molecule has 4 aromatic rings. The molecule has 0 radical (unpaired) electrons. The zero-order valence-corrected chi connectivity index (χ0v) is 30.3. The molecule has 17 nitrogen and oxygen atoms in total. The number of benzene rings is 2. The first-order valence-electron chi connectivity index (χ1n) is 15.9. The topological polar surface area (TPSA) is 282 Å². The van der Waals surface area contributed by atoms with E-state index in [0.717, 1.165) is 23.5 Å². The molecule has 0 unspecified atom stereocenters. The zero-order valence-electron chi connectivity index (χ0n) is 30.3. The van der Waals surface area contributed by atoms with Crippen molar-refractivity contribution in [1.29, 1.82) is 0 Å². The van der Waals surface area contributed by atoms with Gasteiger partial charge in [-0.05, 0) is 60.2 Å². The predicted molar refractivity (Wildman–Crippen MR) is 202 cm³/mol. The van der Waals surface area contributed by atoms with Gasteiger partial charge in [0.2, 0.25) is 0 Å². The quantitative estimate of drug-likeness (QED) is 0.0520. The molecule has 0 aliphatic heterocycles. The highest BCUT2D eigenvalue weighted by atomic mass is 19.1. The van der Waals surface area contributed by atoms with Crippen molar-refractivity contribution in [1.82, 2.24) is 19.6 Å². The van der Waals surface area contributed by atoms with E-state index in [1.165, 1.54) is 38.4 Å². The van der Waals surface area contributed by atoms with Crippen LogP contribution in [0.15, 0.2) is 84.5 Å². The molecule has 0 saturated carbocycles. The number of hydrogen-bond acceptors (Lipinski definition) is 13. The van der Waals surface area contributed by atoms with Gasteiger partial charge in [0.25, 0.3) is 0 Å². The number of aryl methyl sites for hydroxylation is 2. The summed E-state index contributed by atoms with van der Waals surface area (Å²) in [5.41, 5.74) is 25.0. The molecule has 0 atom stereocenters. The van der Waals surface area contributed by atoms with Gasteiger partial charge in [-0.25, -0.2) is 18.4 Å². The molecule has 0 amide bonds. The average molecular weight is 765 g/mol. The molecule has 0 aliphatic carbocycles. The van der Waals surface area contributed by atoms with Gasteiger partial charge in [-0.2, -0.15) is 10.2 Å². The van der Waals surface area contributed by atoms with Crippen molar-refractivity contribution in [2.24, 2.45) is 37.0 Å². The molecule has 19 heteroatoms. The van der Waals surface area contributed by atoms with Gasteiger partial charge in [-0.15, -0.1) is 0 Å². The van der Waals surface area contributed by atoms with E-state index in [4.69, 9.17) is 37.9 Å². The Morgan fingerprint density at radius 3 is 1.56 bits per heavy atom. The highest BCUT2D eigenvalue weighted by Crippen LogP contribution is 2.27. The lowest BCUT2D eigenvalue weighted by Gasteiger charge is -2.13. The lowest BCUT2D eigenvalue weighted by molar-refractivity contribution is -0.105. The minimum absolute atomic E-state index is 0.0510. The minimum atomic E-state index is -1.29. The Balaban J connectivity index is 0.000000314. The van der Waals surface area contributed by atoms with Gasteiger partial charge in [-0.1, -0.05) is 0 Å². The molecular weight excluding hydrogens is 722 g/mol. The summed E-state index contributed by atoms with van der Waals surface area (Å²) >= 11 is 0. The number of carbonyl (C=O) groups excluding carboxylic acids is 2. The maximum atomic E-state index is 14.1. The molecule has 292 valence electrons. The third kappa shape index (κ3) is 12.9.